The minimum Gasteiger partial charge on any atom is -0.378 e. The third kappa shape index (κ3) is 4.38. The molecule has 1 N–H and O–H groups in total. The first-order valence-electron chi connectivity index (χ1n) is 9.38. The van der Waals surface area contributed by atoms with Crippen molar-refractivity contribution in [3.05, 3.63) is 66.2 Å². The number of nitrogens with one attached hydrogen (secondary N) is 1. The van der Waals surface area contributed by atoms with Gasteiger partial charge in [0.1, 0.15) is 0 Å². The maximum Gasteiger partial charge on any atom is 0.263 e. The zero-order chi connectivity index (χ0) is 20.3. The fourth-order valence-electron chi connectivity index (χ4n) is 3.21. The van der Waals surface area contributed by atoms with Crippen LogP contribution in [0.2, 0.25) is 0 Å². The summed E-state index contributed by atoms with van der Waals surface area (Å²) in [5.41, 5.74) is 3.70. The van der Waals surface area contributed by atoms with Crippen molar-refractivity contribution < 1.29 is 13.2 Å². The van der Waals surface area contributed by atoms with Crippen LogP contribution in [0.15, 0.2) is 65.6 Å². The second-order valence-electron chi connectivity index (χ2n) is 6.84. The van der Waals surface area contributed by atoms with Crippen LogP contribution in [-0.4, -0.2) is 44.9 Å². The number of hydrogen-bond donors (Lipinski definition) is 1. The third-order valence-corrected chi connectivity index (χ3v) is 6.14. The first-order valence-corrected chi connectivity index (χ1v) is 10.9. The molecule has 0 unspecified atom stereocenters. The van der Waals surface area contributed by atoms with Gasteiger partial charge in [-0.1, -0.05) is 35.9 Å². The molecular weight excluding hydrogens is 388 g/mol. The monoisotopic (exact) mass is 410 g/mol. The Balaban J connectivity index is 1.56. The Kier molecular flexibility index (Phi) is 5.46. The van der Waals surface area contributed by atoms with E-state index in [1.54, 1.807) is 36.4 Å². The number of para-hydroxylation sites is 1. The van der Waals surface area contributed by atoms with Crippen LogP contribution in [0.5, 0.6) is 0 Å². The SMILES string of the molecule is Cc1ccc(S(=O)(=O)Nc2ccc(-c3ccccc3N3CCOCC3)nn2)cc1. The Morgan fingerprint density at radius 3 is 2.34 bits per heavy atom. The van der Waals surface area contributed by atoms with Crippen LogP contribution >= 0.6 is 0 Å². The molecule has 0 spiro atoms. The maximum absolute atomic E-state index is 12.5. The van der Waals surface area contributed by atoms with Crippen LogP contribution in [0.4, 0.5) is 11.5 Å². The normalized spacial score (nSPS) is 14.6. The molecular formula is C21H22N4O3S. The van der Waals surface area contributed by atoms with Crippen LogP contribution in [0.1, 0.15) is 5.56 Å². The number of hydrogen-bond acceptors (Lipinski definition) is 6. The molecule has 0 amide bonds. The van der Waals surface area contributed by atoms with E-state index in [9.17, 15) is 8.42 Å². The van der Waals surface area contributed by atoms with Crippen molar-refractivity contribution in [2.45, 2.75) is 11.8 Å². The average molecular weight is 410 g/mol. The van der Waals surface area contributed by atoms with E-state index in [1.807, 2.05) is 25.1 Å². The summed E-state index contributed by atoms with van der Waals surface area (Å²) in [6.07, 6.45) is 0. The lowest BCUT2D eigenvalue weighted by atomic mass is 10.1. The van der Waals surface area contributed by atoms with Crippen LogP contribution in [0.25, 0.3) is 11.3 Å². The molecule has 0 radical (unpaired) electrons. The van der Waals surface area contributed by atoms with E-state index in [4.69, 9.17) is 4.74 Å². The highest BCUT2D eigenvalue weighted by molar-refractivity contribution is 7.92. The van der Waals surface area contributed by atoms with E-state index in [2.05, 4.69) is 25.9 Å². The van der Waals surface area contributed by atoms with Crippen LogP contribution in [0, 0.1) is 6.92 Å². The zero-order valence-corrected chi connectivity index (χ0v) is 16.9. The highest BCUT2D eigenvalue weighted by atomic mass is 32.2. The number of benzene rings is 2. The van der Waals surface area contributed by atoms with Gasteiger partial charge < -0.3 is 9.64 Å². The first-order chi connectivity index (χ1) is 14.0. The maximum atomic E-state index is 12.5. The largest absolute Gasteiger partial charge is 0.378 e. The molecule has 1 fully saturated rings. The molecule has 3 aromatic rings. The summed E-state index contributed by atoms with van der Waals surface area (Å²) in [7, 11) is -3.71. The smallest absolute Gasteiger partial charge is 0.263 e. The second-order valence-corrected chi connectivity index (χ2v) is 8.52. The molecule has 1 aliphatic rings. The Morgan fingerprint density at radius 2 is 1.66 bits per heavy atom. The van der Waals surface area contributed by atoms with E-state index < -0.39 is 10.0 Å². The number of morpholine rings is 1. The lowest BCUT2D eigenvalue weighted by molar-refractivity contribution is 0.123. The van der Waals surface area contributed by atoms with Gasteiger partial charge in [0, 0.05) is 24.3 Å². The Bertz CT molecular complexity index is 1080. The summed E-state index contributed by atoms with van der Waals surface area (Å²) in [4.78, 5) is 2.45. The Labute approximate surface area is 170 Å². The van der Waals surface area contributed by atoms with E-state index in [0.29, 0.717) is 18.9 Å². The fourth-order valence-corrected chi connectivity index (χ4v) is 4.21. The molecule has 0 atom stereocenters. The fraction of sp³-hybridized carbons (Fsp3) is 0.238. The van der Waals surface area contributed by atoms with E-state index in [1.165, 1.54) is 0 Å². The zero-order valence-electron chi connectivity index (χ0n) is 16.1. The van der Waals surface area contributed by atoms with Gasteiger partial charge >= 0.3 is 0 Å². The minimum absolute atomic E-state index is 0.179. The van der Waals surface area contributed by atoms with E-state index in [-0.39, 0.29) is 10.7 Å². The van der Waals surface area contributed by atoms with Gasteiger partial charge in [-0.15, -0.1) is 10.2 Å². The number of rotatable bonds is 5. The van der Waals surface area contributed by atoms with Crippen molar-refractivity contribution in [1.29, 1.82) is 0 Å². The van der Waals surface area contributed by atoms with Crippen molar-refractivity contribution in [1.82, 2.24) is 10.2 Å². The van der Waals surface area contributed by atoms with Crippen LogP contribution in [0.3, 0.4) is 0 Å². The summed E-state index contributed by atoms with van der Waals surface area (Å²) < 4.78 is 33.0. The van der Waals surface area contributed by atoms with Crippen molar-refractivity contribution in [2.75, 3.05) is 35.9 Å². The number of sulfonamides is 1. The summed E-state index contributed by atoms with van der Waals surface area (Å²) >= 11 is 0. The summed E-state index contributed by atoms with van der Waals surface area (Å²) in [5.74, 6) is 0.179. The lowest BCUT2D eigenvalue weighted by Gasteiger charge is -2.30. The van der Waals surface area contributed by atoms with Gasteiger partial charge in [0.25, 0.3) is 10.0 Å². The molecule has 8 heteroatoms. The van der Waals surface area contributed by atoms with E-state index >= 15 is 0 Å². The molecule has 150 valence electrons. The number of ether oxygens (including phenoxy) is 1. The molecule has 2 aromatic carbocycles. The number of nitrogens with zero attached hydrogens (tertiary/aromatic N) is 3. The third-order valence-electron chi connectivity index (χ3n) is 4.77. The van der Waals surface area contributed by atoms with Gasteiger partial charge in [-0.3, -0.25) is 4.72 Å². The summed E-state index contributed by atoms with van der Waals surface area (Å²) in [6.45, 7) is 4.93. The predicted molar refractivity (Wildman–Crippen MR) is 112 cm³/mol. The van der Waals surface area contributed by atoms with Gasteiger partial charge in [-0.05, 0) is 37.3 Å². The Morgan fingerprint density at radius 1 is 0.931 bits per heavy atom. The van der Waals surface area contributed by atoms with Gasteiger partial charge in [-0.2, -0.15) is 0 Å². The standard InChI is InChI=1S/C21H22N4O3S/c1-16-6-8-17(9-7-16)29(26,27)24-21-11-10-19(22-23-21)18-4-2-3-5-20(18)25-12-14-28-15-13-25/h2-11H,12-15H2,1H3,(H,23,24). The van der Waals surface area contributed by atoms with Gasteiger partial charge in [-0.25, -0.2) is 8.42 Å². The van der Waals surface area contributed by atoms with E-state index in [0.717, 1.165) is 29.9 Å². The molecule has 1 aromatic heterocycles. The molecule has 1 aliphatic heterocycles. The number of aryl methyl sites for hydroxylation is 1. The lowest BCUT2D eigenvalue weighted by Crippen LogP contribution is -2.36. The number of aromatic nitrogens is 2. The van der Waals surface area contributed by atoms with Crippen molar-refractivity contribution >= 4 is 21.5 Å². The highest BCUT2D eigenvalue weighted by Crippen LogP contribution is 2.30. The van der Waals surface area contributed by atoms with Gasteiger partial charge in [0.2, 0.25) is 0 Å². The van der Waals surface area contributed by atoms with Crippen LogP contribution in [-0.2, 0) is 14.8 Å². The average Bonchev–Trinajstić information content (AvgIpc) is 2.75. The molecule has 4 rings (SSSR count). The van der Waals surface area contributed by atoms with Crippen molar-refractivity contribution in [3.63, 3.8) is 0 Å². The molecule has 0 saturated carbocycles. The molecule has 1 saturated heterocycles. The molecule has 2 heterocycles. The minimum atomic E-state index is -3.71. The quantitative estimate of drug-likeness (QED) is 0.696. The number of anilines is 2. The predicted octanol–water partition coefficient (Wildman–Crippen LogP) is 3.09. The summed E-state index contributed by atoms with van der Waals surface area (Å²) in [6, 6.07) is 18.0. The molecule has 0 bridgehead atoms. The van der Waals surface area contributed by atoms with Gasteiger partial charge in [0.05, 0.1) is 23.8 Å². The van der Waals surface area contributed by atoms with Crippen LogP contribution < -0.4 is 9.62 Å². The van der Waals surface area contributed by atoms with Crippen molar-refractivity contribution in [3.8, 4) is 11.3 Å². The Hall–Kier alpha value is -2.97. The second kappa shape index (κ2) is 8.18. The molecule has 29 heavy (non-hydrogen) atoms. The topological polar surface area (TPSA) is 84.4 Å². The first kappa shape index (κ1) is 19.4. The molecule has 0 aliphatic carbocycles. The molecule has 7 nitrogen and oxygen atoms in total. The van der Waals surface area contributed by atoms with Crippen molar-refractivity contribution in [2.24, 2.45) is 0 Å². The highest BCUT2D eigenvalue weighted by Gasteiger charge is 2.18. The van der Waals surface area contributed by atoms with Gasteiger partial charge in [0.15, 0.2) is 5.82 Å². The summed E-state index contributed by atoms with van der Waals surface area (Å²) in [5, 5.41) is 8.35.